The fourth-order valence-electron chi connectivity index (χ4n) is 2.52. The van der Waals surface area contributed by atoms with E-state index in [-0.39, 0.29) is 5.56 Å². The zero-order chi connectivity index (χ0) is 15.5. The average molecular weight is 296 g/mol. The molecule has 1 N–H and O–H groups in total. The van der Waals surface area contributed by atoms with Crippen molar-refractivity contribution in [3.8, 4) is 6.07 Å². The van der Waals surface area contributed by atoms with E-state index >= 15 is 0 Å². The Bertz CT molecular complexity index is 552. The summed E-state index contributed by atoms with van der Waals surface area (Å²) >= 11 is 0. The second-order valence-corrected chi connectivity index (χ2v) is 5.28. The summed E-state index contributed by atoms with van der Waals surface area (Å²) in [6, 6.07) is 6.14. The highest BCUT2D eigenvalue weighted by molar-refractivity contribution is 5.95. The number of hydrogen-bond acceptors (Lipinski definition) is 2. The number of nitrogens with one attached hydrogen (secondary N) is 1. The van der Waals surface area contributed by atoms with Gasteiger partial charge in [-0.2, -0.15) is 18.4 Å². The van der Waals surface area contributed by atoms with Crippen molar-refractivity contribution in [2.75, 3.05) is 0 Å². The minimum atomic E-state index is -4.42. The van der Waals surface area contributed by atoms with Gasteiger partial charge in [-0.3, -0.25) is 4.79 Å². The van der Waals surface area contributed by atoms with Gasteiger partial charge in [0.2, 0.25) is 0 Å². The molecule has 1 fully saturated rings. The van der Waals surface area contributed by atoms with Crippen molar-refractivity contribution in [3.05, 3.63) is 35.4 Å². The van der Waals surface area contributed by atoms with Crippen LogP contribution in [-0.2, 0) is 6.18 Å². The Morgan fingerprint density at radius 3 is 2.19 bits per heavy atom. The third-order valence-corrected chi connectivity index (χ3v) is 3.75. The Labute approximate surface area is 120 Å². The molecule has 21 heavy (non-hydrogen) atoms. The number of carbonyl (C=O) groups is 1. The molecule has 0 heterocycles. The molecular formula is C15H15F3N2O. The third-order valence-electron chi connectivity index (χ3n) is 3.75. The molecule has 1 aliphatic carbocycles. The topological polar surface area (TPSA) is 52.9 Å². The van der Waals surface area contributed by atoms with Crippen molar-refractivity contribution in [1.29, 1.82) is 5.26 Å². The van der Waals surface area contributed by atoms with Gasteiger partial charge in [-0.15, -0.1) is 0 Å². The summed E-state index contributed by atoms with van der Waals surface area (Å²) in [4.78, 5) is 12.1. The first-order valence-corrected chi connectivity index (χ1v) is 6.77. The van der Waals surface area contributed by atoms with Crippen molar-refractivity contribution >= 4 is 5.91 Å². The Balaban J connectivity index is 2.11. The van der Waals surface area contributed by atoms with Crippen LogP contribution in [0.15, 0.2) is 24.3 Å². The van der Waals surface area contributed by atoms with Crippen LogP contribution in [0, 0.1) is 11.3 Å². The number of carbonyl (C=O) groups excluding carboxylic acids is 1. The number of nitriles is 1. The number of alkyl halides is 3. The maximum absolute atomic E-state index is 12.5. The quantitative estimate of drug-likeness (QED) is 0.905. The van der Waals surface area contributed by atoms with Gasteiger partial charge in [-0.05, 0) is 37.1 Å². The van der Waals surface area contributed by atoms with E-state index in [1.54, 1.807) is 0 Å². The molecule has 1 amide bonds. The molecule has 1 aliphatic rings. The van der Waals surface area contributed by atoms with Gasteiger partial charge in [0.15, 0.2) is 0 Å². The number of hydrogen-bond donors (Lipinski definition) is 1. The molecule has 0 unspecified atom stereocenters. The predicted octanol–water partition coefficient (Wildman–Crippen LogP) is 3.66. The molecule has 0 aromatic heterocycles. The molecule has 112 valence electrons. The second kappa shape index (κ2) is 5.76. The Kier molecular flexibility index (Phi) is 4.21. The molecule has 0 bridgehead atoms. The van der Waals surface area contributed by atoms with E-state index < -0.39 is 23.2 Å². The van der Waals surface area contributed by atoms with E-state index in [2.05, 4.69) is 11.4 Å². The molecule has 1 aromatic carbocycles. The fraction of sp³-hybridized carbons (Fsp3) is 0.467. The molecular weight excluding hydrogens is 281 g/mol. The van der Waals surface area contributed by atoms with Gasteiger partial charge < -0.3 is 5.32 Å². The van der Waals surface area contributed by atoms with Crippen molar-refractivity contribution in [2.24, 2.45) is 0 Å². The van der Waals surface area contributed by atoms with Crippen molar-refractivity contribution < 1.29 is 18.0 Å². The molecule has 2 rings (SSSR count). The van der Waals surface area contributed by atoms with Gasteiger partial charge in [-0.25, -0.2) is 0 Å². The van der Waals surface area contributed by atoms with Crippen LogP contribution in [0.4, 0.5) is 13.2 Å². The monoisotopic (exact) mass is 296 g/mol. The predicted molar refractivity (Wildman–Crippen MR) is 70.3 cm³/mol. The van der Waals surface area contributed by atoms with Gasteiger partial charge in [-0.1, -0.05) is 19.3 Å². The largest absolute Gasteiger partial charge is 0.416 e. The lowest BCUT2D eigenvalue weighted by Crippen LogP contribution is -2.48. The van der Waals surface area contributed by atoms with Crippen LogP contribution in [0.1, 0.15) is 48.0 Å². The van der Waals surface area contributed by atoms with Gasteiger partial charge >= 0.3 is 6.18 Å². The molecule has 1 aromatic rings. The average Bonchev–Trinajstić information content (AvgIpc) is 2.47. The van der Waals surface area contributed by atoms with Crippen LogP contribution in [0.2, 0.25) is 0 Å². The molecule has 1 saturated carbocycles. The van der Waals surface area contributed by atoms with Crippen LogP contribution in [-0.4, -0.2) is 11.4 Å². The maximum atomic E-state index is 12.5. The highest BCUT2D eigenvalue weighted by atomic mass is 19.4. The van der Waals surface area contributed by atoms with E-state index in [9.17, 15) is 23.2 Å². The van der Waals surface area contributed by atoms with Crippen molar-refractivity contribution in [2.45, 2.75) is 43.8 Å². The van der Waals surface area contributed by atoms with Crippen LogP contribution >= 0.6 is 0 Å². The van der Waals surface area contributed by atoms with Gasteiger partial charge in [0.25, 0.3) is 5.91 Å². The van der Waals surface area contributed by atoms with Crippen LogP contribution in [0.25, 0.3) is 0 Å². The molecule has 0 aliphatic heterocycles. The van der Waals surface area contributed by atoms with Gasteiger partial charge in [0.1, 0.15) is 5.54 Å². The van der Waals surface area contributed by atoms with Crippen molar-refractivity contribution in [1.82, 2.24) is 5.32 Å². The van der Waals surface area contributed by atoms with E-state index in [0.29, 0.717) is 12.8 Å². The fourth-order valence-corrected chi connectivity index (χ4v) is 2.52. The minimum Gasteiger partial charge on any atom is -0.334 e. The van der Waals surface area contributed by atoms with E-state index in [0.717, 1.165) is 43.5 Å². The lowest BCUT2D eigenvalue weighted by Gasteiger charge is -2.31. The smallest absolute Gasteiger partial charge is 0.334 e. The third kappa shape index (κ3) is 3.54. The lowest BCUT2D eigenvalue weighted by atomic mass is 9.82. The molecule has 6 heteroatoms. The first-order chi connectivity index (χ1) is 9.86. The van der Waals surface area contributed by atoms with Crippen LogP contribution in [0.5, 0.6) is 0 Å². The Morgan fingerprint density at radius 1 is 1.14 bits per heavy atom. The normalized spacial score (nSPS) is 17.8. The van der Waals surface area contributed by atoms with E-state index in [1.165, 1.54) is 0 Å². The number of halogens is 3. The number of benzene rings is 1. The summed E-state index contributed by atoms with van der Waals surface area (Å²) in [5.74, 6) is -0.507. The summed E-state index contributed by atoms with van der Waals surface area (Å²) in [6.45, 7) is 0. The molecule has 0 saturated heterocycles. The maximum Gasteiger partial charge on any atom is 0.416 e. The molecule has 0 atom stereocenters. The first kappa shape index (κ1) is 15.4. The number of nitrogens with zero attached hydrogens (tertiary/aromatic N) is 1. The first-order valence-electron chi connectivity index (χ1n) is 6.77. The van der Waals surface area contributed by atoms with Gasteiger partial charge in [0, 0.05) is 5.56 Å². The highest BCUT2D eigenvalue weighted by Gasteiger charge is 2.34. The second-order valence-electron chi connectivity index (χ2n) is 5.28. The van der Waals surface area contributed by atoms with Crippen molar-refractivity contribution in [3.63, 3.8) is 0 Å². The molecule has 0 spiro atoms. The molecule has 3 nitrogen and oxygen atoms in total. The van der Waals surface area contributed by atoms with E-state index in [4.69, 9.17) is 0 Å². The lowest BCUT2D eigenvalue weighted by molar-refractivity contribution is -0.137. The van der Waals surface area contributed by atoms with E-state index in [1.807, 2.05) is 0 Å². The summed E-state index contributed by atoms with van der Waals surface area (Å²) in [5.41, 5.74) is -1.56. The summed E-state index contributed by atoms with van der Waals surface area (Å²) in [6.07, 6.45) is -0.515. The highest BCUT2D eigenvalue weighted by Crippen LogP contribution is 2.30. The number of amides is 1. The summed E-state index contributed by atoms with van der Waals surface area (Å²) in [7, 11) is 0. The Morgan fingerprint density at radius 2 is 1.71 bits per heavy atom. The standard InChI is InChI=1S/C15H15F3N2O/c16-15(17,18)12-6-4-11(5-7-12)13(21)20-14(10-19)8-2-1-3-9-14/h4-7H,1-3,8-9H2,(H,20,21). The molecule has 0 radical (unpaired) electrons. The zero-order valence-electron chi connectivity index (χ0n) is 11.3. The summed E-state index contributed by atoms with van der Waals surface area (Å²) in [5, 5.41) is 11.9. The van der Waals surface area contributed by atoms with Gasteiger partial charge in [0.05, 0.1) is 11.6 Å². The summed E-state index contributed by atoms with van der Waals surface area (Å²) < 4.78 is 37.4. The zero-order valence-corrected chi connectivity index (χ0v) is 11.3. The number of rotatable bonds is 2. The minimum absolute atomic E-state index is 0.128. The van der Waals surface area contributed by atoms with Crippen LogP contribution in [0.3, 0.4) is 0 Å². The van der Waals surface area contributed by atoms with Crippen LogP contribution < -0.4 is 5.32 Å². The Hall–Kier alpha value is -2.03. The SMILES string of the molecule is N#CC1(NC(=O)c2ccc(C(F)(F)F)cc2)CCCCC1.